The maximum Gasteiger partial charge on any atom is 0.0992 e. The summed E-state index contributed by atoms with van der Waals surface area (Å²) in [6.45, 7) is 8.12. The van der Waals surface area contributed by atoms with Crippen LogP contribution in [0.25, 0.3) is 0 Å². The van der Waals surface area contributed by atoms with Gasteiger partial charge in [-0.05, 0) is 77.1 Å². The van der Waals surface area contributed by atoms with Crippen LogP contribution in [0.5, 0.6) is 0 Å². The third-order valence-electron chi connectivity index (χ3n) is 4.75. The van der Waals surface area contributed by atoms with Gasteiger partial charge in [-0.25, -0.2) is 0 Å². The van der Waals surface area contributed by atoms with E-state index in [-0.39, 0.29) is 0 Å². The van der Waals surface area contributed by atoms with Crippen LogP contribution < -0.4 is 5.32 Å². The van der Waals surface area contributed by atoms with Crippen molar-refractivity contribution >= 4 is 21.6 Å². The fraction of sp³-hybridized carbons (Fsp3) is 0.611. The van der Waals surface area contributed by atoms with Crippen LogP contribution in [-0.4, -0.2) is 6.54 Å². The zero-order chi connectivity index (χ0) is 15.5. The summed E-state index contributed by atoms with van der Waals surface area (Å²) in [4.78, 5) is 0. The molecule has 0 saturated heterocycles. The van der Waals surface area contributed by atoms with Crippen LogP contribution in [0, 0.1) is 28.6 Å². The maximum absolute atomic E-state index is 8.89. The van der Waals surface area contributed by atoms with E-state index in [1.165, 1.54) is 25.7 Å². The first-order valence-corrected chi connectivity index (χ1v) is 8.63. The second kappa shape index (κ2) is 6.83. The highest BCUT2D eigenvalue weighted by atomic mass is 79.9. The number of anilines is 1. The molecule has 1 N–H and O–H groups in total. The Morgan fingerprint density at radius 2 is 1.90 bits per heavy atom. The van der Waals surface area contributed by atoms with Gasteiger partial charge >= 0.3 is 0 Å². The molecule has 0 unspecified atom stereocenters. The van der Waals surface area contributed by atoms with E-state index in [2.05, 4.69) is 48.1 Å². The monoisotopic (exact) mass is 348 g/mol. The van der Waals surface area contributed by atoms with Crippen molar-refractivity contribution < 1.29 is 0 Å². The van der Waals surface area contributed by atoms with Crippen LogP contribution in [0.1, 0.15) is 52.0 Å². The fourth-order valence-electron chi connectivity index (χ4n) is 3.21. The molecule has 0 atom stereocenters. The number of hydrogen-bond donors (Lipinski definition) is 1. The SMILES string of the molecule is CC(C)(C)C1CCC(CNc2ccc(C#N)cc2Br)CC1. The Morgan fingerprint density at radius 3 is 2.43 bits per heavy atom. The highest BCUT2D eigenvalue weighted by molar-refractivity contribution is 9.10. The smallest absolute Gasteiger partial charge is 0.0992 e. The Hall–Kier alpha value is -1.01. The first-order chi connectivity index (χ1) is 9.90. The third-order valence-corrected chi connectivity index (χ3v) is 5.41. The lowest BCUT2D eigenvalue weighted by Gasteiger charge is -2.37. The van der Waals surface area contributed by atoms with E-state index in [0.29, 0.717) is 11.0 Å². The molecule has 0 aliphatic heterocycles. The molecule has 21 heavy (non-hydrogen) atoms. The minimum Gasteiger partial charge on any atom is -0.384 e. The van der Waals surface area contributed by atoms with Crippen molar-refractivity contribution in [1.29, 1.82) is 5.26 Å². The summed E-state index contributed by atoms with van der Waals surface area (Å²) in [5.74, 6) is 1.64. The average molecular weight is 349 g/mol. The average Bonchev–Trinajstić information content (AvgIpc) is 2.45. The lowest BCUT2D eigenvalue weighted by atomic mass is 9.70. The molecule has 3 heteroatoms. The van der Waals surface area contributed by atoms with Gasteiger partial charge in [0.05, 0.1) is 11.6 Å². The van der Waals surface area contributed by atoms with Crippen LogP contribution in [0.15, 0.2) is 22.7 Å². The van der Waals surface area contributed by atoms with Gasteiger partial charge < -0.3 is 5.32 Å². The second-order valence-electron chi connectivity index (χ2n) is 7.27. The van der Waals surface area contributed by atoms with E-state index >= 15 is 0 Å². The van der Waals surface area contributed by atoms with E-state index in [1.807, 2.05) is 18.2 Å². The summed E-state index contributed by atoms with van der Waals surface area (Å²) in [7, 11) is 0. The van der Waals surface area contributed by atoms with E-state index in [9.17, 15) is 0 Å². The van der Waals surface area contributed by atoms with Crippen molar-refractivity contribution in [2.45, 2.75) is 46.5 Å². The molecule has 1 aliphatic rings. The van der Waals surface area contributed by atoms with Gasteiger partial charge in [0, 0.05) is 16.7 Å². The van der Waals surface area contributed by atoms with E-state index < -0.39 is 0 Å². The normalized spacial score (nSPS) is 22.6. The topological polar surface area (TPSA) is 35.8 Å². The standard InChI is InChI=1S/C18H25BrN2/c1-18(2,3)15-7-4-13(5-8-15)12-21-17-9-6-14(11-20)10-16(17)19/h6,9-10,13,15,21H,4-5,7-8,12H2,1-3H3. The molecule has 0 amide bonds. The zero-order valence-electron chi connectivity index (χ0n) is 13.2. The summed E-state index contributed by atoms with van der Waals surface area (Å²) in [6.07, 6.45) is 5.35. The molecule has 1 saturated carbocycles. The summed E-state index contributed by atoms with van der Waals surface area (Å²) in [5.41, 5.74) is 2.24. The van der Waals surface area contributed by atoms with Gasteiger partial charge in [-0.2, -0.15) is 5.26 Å². The highest BCUT2D eigenvalue weighted by Gasteiger charge is 2.29. The number of halogens is 1. The molecule has 0 heterocycles. The Kier molecular flexibility index (Phi) is 5.32. The summed E-state index contributed by atoms with van der Waals surface area (Å²) in [6, 6.07) is 7.89. The van der Waals surface area contributed by atoms with Gasteiger partial charge in [-0.15, -0.1) is 0 Å². The van der Waals surface area contributed by atoms with Crippen molar-refractivity contribution in [2.75, 3.05) is 11.9 Å². The quantitative estimate of drug-likeness (QED) is 0.773. The van der Waals surface area contributed by atoms with Crippen LogP contribution in [0.4, 0.5) is 5.69 Å². The molecule has 1 aromatic rings. The first kappa shape index (κ1) is 16.4. The number of benzene rings is 1. The van der Waals surface area contributed by atoms with Crippen molar-refractivity contribution in [1.82, 2.24) is 0 Å². The van der Waals surface area contributed by atoms with Crippen LogP contribution in [-0.2, 0) is 0 Å². The maximum atomic E-state index is 8.89. The van der Waals surface area contributed by atoms with Crippen LogP contribution in [0.2, 0.25) is 0 Å². The van der Waals surface area contributed by atoms with Crippen molar-refractivity contribution in [3.8, 4) is 6.07 Å². The zero-order valence-corrected chi connectivity index (χ0v) is 14.8. The largest absolute Gasteiger partial charge is 0.384 e. The molecule has 0 bridgehead atoms. The van der Waals surface area contributed by atoms with E-state index in [0.717, 1.165) is 28.5 Å². The van der Waals surface area contributed by atoms with E-state index in [1.54, 1.807) is 0 Å². The minimum atomic E-state index is 0.453. The van der Waals surface area contributed by atoms with Crippen molar-refractivity contribution in [3.05, 3.63) is 28.2 Å². The van der Waals surface area contributed by atoms with Gasteiger partial charge in [0.15, 0.2) is 0 Å². The molecular formula is C18H25BrN2. The number of rotatable bonds is 3. The van der Waals surface area contributed by atoms with Crippen molar-refractivity contribution in [3.63, 3.8) is 0 Å². The molecule has 0 aromatic heterocycles. The molecule has 114 valence electrons. The van der Waals surface area contributed by atoms with Crippen LogP contribution in [0.3, 0.4) is 0 Å². The fourth-order valence-corrected chi connectivity index (χ4v) is 3.73. The predicted molar refractivity (Wildman–Crippen MR) is 92.2 cm³/mol. The molecule has 2 nitrogen and oxygen atoms in total. The summed E-state index contributed by atoms with van der Waals surface area (Å²) in [5, 5.41) is 12.4. The van der Waals surface area contributed by atoms with Gasteiger partial charge in [-0.1, -0.05) is 20.8 Å². The van der Waals surface area contributed by atoms with Gasteiger partial charge in [-0.3, -0.25) is 0 Å². The number of nitrogens with zero attached hydrogens (tertiary/aromatic N) is 1. The summed E-state index contributed by atoms with van der Waals surface area (Å²) >= 11 is 3.53. The molecule has 0 radical (unpaired) electrons. The van der Waals surface area contributed by atoms with Gasteiger partial charge in [0.1, 0.15) is 0 Å². The number of hydrogen-bond acceptors (Lipinski definition) is 2. The molecule has 0 spiro atoms. The first-order valence-electron chi connectivity index (χ1n) is 7.83. The predicted octanol–water partition coefficient (Wildman–Crippen LogP) is 5.59. The highest BCUT2D eigenvalue weighted by Crippen LogP contribution is 2.39. The Bertz CT molecular complexity index is 517. The van der Waals surface area contributed by atoms with Gasteiger partial charge in [0.2, 0.25) is 0 Å². The van der Waals surface area contributed by atoms with E-state index in [4.69, 9.17) is 5.26 Å². The van der Waals surface area contributed by atoms with Gasteiger partial charge in [0.25, 0.3) is 0 Å². The third kappa shape index (κ3) is 4.48. The van der Waals surface area contributed by atoms with Crippen LogP contribution >= 0.6 is 15.9 Å². The lowest BCUT2D eigenvalue weighted by Crippen LogP contribution is -2.28. The molecule has 1 aliphatic carbocycles. The Labute approximate surface area is 137 Å². The minimum absolute atomic E-state index is 0.453. The number of nitriles is 1. The van der Waals surface area contributed by atoms with Crippen molar-refractivity contribution in [2.24, 2.45) is 17.3 Å². The molecule has 2 rings (SSSR count). The molecule has 1 fully saturated rings. The Morgan fingerprint density at radius 1 is 1.24 bits per heavy atom. The second-order valence-corrected chi connectivity index (χ2v) is 8.13. The summed E-state index contributed by atoms with van der Waals surface area (Å²) < 4.78 is 0.977. The number of nitrogens with one attached hydrogen (secondary N) is 1. The molecule has 1 aromatic carbocycles. The Balaban J connectivity index is 1.84. The molecular weight excluding hydrogens is 324 g/mol. The lowest BCUT2D eigenvalue weighted by molar-refractivity contribution is 0.153.